The summed E-state index contributed by atoms with van der Waals surface area (Å²) in [5, 5.41) is 0. The smallest absolute Gasteiger partial charge is 0.172 e. The summed E-state index contributed by atoms with van der Waals surface area (Å²) in [6.07, 6.45) is 5.07. The molecule has 2 nitrogen and oxygen atoms in total. The van der Waals surface area contributed by atoms with Crippen LogP contribution in [0.5, 0.6) is 0 Å². The van der Waals surface area contributed by atoms with E-state index in [1.807, 2.05) is 19.1 Å². The highest BCUT2D eigenvalue weighted by Crippen LogP contribution is 2.21. The third-order valence-corrected chi connectivity index (χ3v) is 4.11. The van der Waals surface area contributed by atoms with Gasteiger partial charge in [-0.3, -0.25) is 4.79 Å². The normalized spacial score (nSPS) is 12.6. The SMILES string of the molecule is CCCC(CCN)CCC(=O)c1ccc(C)s1. The molecule has 0 saturated heterocycles. The van der Waals surface area contributed by atoms with Crippen LogP contribution in [-0.2, 0) is 0 Å². The number of hydrogen-bond donors (Lipinski definition) is 1. The Kier molecular flexibility index (Phi) is 6.45. The van der Waals surface area contributed by atoms with Crippen LogP contribution in [0.1, 0.15) is 53.6 Å². The molecule has 1 unspecified atom stereocenters. The van der Waals surface area contributed by atoms with Gasteiger partial charge < -0.3 is 5.73 Å². The first-order valence-electron chi connectivity index (χ1n) is 6.47. The average Bonchev–Trinajstić information content (AvgIpc) is 2.73. The molecule has 0 bridgehead atoms. The third kappa shape index (κ3) is 5.00. The zero-order chi connectivity index (χ0) is 12.7. The lowest BCUT2D eigenvalue weighted by Gasteiger charge is -2.13. The molecule has 1 aromatic rings. The van der Waals surface area contributed by atoms with Gasteiger partial charge in [-0.2, -0.15) is 0 Å². The second kappa shape index (κ2) is 7.62. The minimum absolute atomic E-state index is 0.293. The highest BCUT2D eigenvalue weighted by Gasteiger charge is 2.12. The zero-order valence-electron chi connectivity index (χ0n) is 10.9. The molecular weight excluding hydrogens is 230 g/mol. The highest BCUT2D eigenvalue weighted by atomic mass is 32.1. The van der Waals surface area contributed by atoms with Crippen molar-refractivity contribution in [3.63, 3.8) is 0 Å². The molecule has 1 rings (SSSR count). The van der Waals surface area contributed by atoms with Crippen LogP contribution >= 0.6 is 11.3 Å². The number of ketones is 1. The van der Waals surface area contributed by atoms with Crippen molar-refractivity contribution >= 4 is 17.1 Å². The van der Waals surface area contributed by atoms with Crippen molar-refractivity contribution in [3.05, 3.63) is 21.9 Å². The molecule has 0 radical (unpaired) electrons. The Labute approximate surface area is 108 Å². The van der Waals surface area contributed by atoms with Crippen LogP contribution in [0.4, 0.5) is 0 Å². The first kappa shape index (κ1) is 14.4. The van der Waals surface area contributed by atoms with Crippen molar-refractivity contribution in [1.29, 1.82) is 0 Å². The molecule has 1 aromatic heterocycles. The molecule has 96 valence electrons. The van der Waals surface area contributed by atoms with E-state index in [2.05, 4.69) is 6.92 Å². The number of carbonyl (C=O) groups is 1. The molecule has 0 aromatic carbocycles. The van der Waals surface area contributed by atoms with Gasteiger partial charge in [-0.25, -0.2) is 0 Å². The standard InChI is InChI=1S/C14H23NOS/c1-3-4-12(9-10-15)6-7-13(16)14-8-5-11(2)17-14/h5,8,12H,3-4,6-7,9-10,15H2,1-2H3. The topological polar surface area (TPSA) is 43.1 Å². The summed E-state index contributed by atoms with van der Waals surface area (Å²) in [7, 11) is 0. The quantitative estimate of drug-likeness (QED) is 0.716. The summed E-state index contributed by atoms with van der Waals surface area (Å²) in [6.45, 7) is 4.96. The van der Waals surface area contributed by atoms with Crippen LogP contribution in [0.3, 0.4) is 0 Å². The molecule has 3 heteroatoms. The number of rotatable bonds is 8. The van der Waals surface area contributed by atoms with Crippen LogP contribution in [0.2, 0.25) is 0 Å². The van der Waals surface area contributed by atoms with Gasteiger partial charge in [0, 0.05) is 11.3 Å². The van der Waals surface area contributed by atoms with E-state index >= 15 is 0 Å². The monoisotopic (exact) mass is 253 g/mol. The van der Waals surface area contributed by atoms with E-state index in [-0.39, 0.29) is 0 Å². The van der Waals surface area contributed by atoms with Gasteiger partial charge in [-0.1, -0.05) is 19.8 Å². The minimum atomic E-state index is 0.293. The van der Waals surface area contributed by atoms with Crippen LogP contribution < -0.4 is 5.73 Å². The summed E-state index contributed by atoms with van der Waals surface area (Å²) in [4.78, 5) is 14.1. The maximum Gasteiger partial charge on any atom is 0.172 e. The fourth-order valence-corrected chi connectivity index (χ4v) is 2.95. The van der Waals surface area contributed by atoms with E-state index in [1.165, 1.54) is 17.7 Å². The van der Waals surface area contributed by atoms with Gasteiger partial charge in [0.1, 0.15) is 0 Å². The van der Waals surface area contributed by atoms with Gasteiger partial charge in [-0.15, -0.1) is 11.3 Å². The fraction of sp³-hybridized carbons (Fsp3) is 0.643. The summed E-state index contributed by atoms with van der Waals surface area (Å²) >= 11 is 1.60. The van der Waals surface area contributed by atoms with Crippen LogP contribution in [0, 0.1) is 12.8 Å². The van der Waals surface area contributed by atoms with Crippen LogP contribution in [0.15, 0.2) is 12.1 Å². The van der Waals surface area contributed by atoms with E-state index in [0.717, 1.165) is 24.3 Å². The molecule has 0 saturated carbocycles. The maximum atomic E-state index is 12.0. The molecule has 0 aliphatic rings. The van der Waals surface area contributed by atoms with Gasteiger partial charge in [0.05, 0.1) is 4.88 Å². The molecule has 17 heavy (non-hydrogen) atoms. The van der Waals surface area contributed by atoms with Crippen molar-refractivity contribution in [2.24, 2.45) is 11.7 Å². The molecule has 2 N–H and O–H groups in total. The predicted molar refractivity (Wildman–Crippen MR) is 74.7 cm³/mol. The second-order valence-corrected chi connectivity index (χ2v) is 5.89. The Balaban J connectivity index is 2.40. The van der Waals surface area contributed by atoms with Crippen molar-refractivity contribution in [1.82, 2.24) is 0 Å². The van der Waals surface area contributed by atoms with Gasteiger partial charge >= 0.3 is 0 Å². The summed E-state index contributed by atoms with van der Waals surface area (Å²) in [5.41, 5.74) is 5.60. The van der Waals surface area contributed by atoms with Gasteiger partial charge in [-0.05, 0) is 44.4 Å². The highest BCUT2D eigenvalue weighted by molar-refractivity contribution is 7.14. The zero-order valence-corrected chi connectivity index (χ0v) is 11.7. The van der Waals surface area contributed by atoms with E-state index in [4.69, 9.17) is 5.73 Å². The lowest BCUT2D eigenvalue weighted by Crippen LogP contribution is -2.10. The molecule has 0 aliphatic carbocycles. The van der Waals surface area contributed by atoms with E-state index < -0.39 is 0 Å². The summed E-state index contributed by atoms with van der Waals surface area (Å²) < 4.78 is 0. The Bertz CT molecular complexity index is 340. The van der Waals surface area contributed by atoms with Crippen LogP contribution in [0.25, 0.3) is 0 Å². The maximum absolute atomic E-state index is 12.0. The van der Waals surface area contributed by atoms with Gasteiger partial charge in [0.25, 0.3) is 0 Å². The van der Waals surface area contributed by atoms with Crippen molar-refractivity contribution in [2.45, 2.75) is 46.0 Å². The first-order valence-corrected chi connectivity index (χ1v) is 7.28. The number of hydrogen-bond acceptors (Lipinski definition) is 3. The number of aryl methyl sites for hydroxylation is 1. The minimum Gasteiger partial charge on any atom is -0.330 e. The Morgan fingerprint density at radius 2 is 2.12 bits per heavy atom. The van der Waals surface area contributed by atoms with Crippen LogP contribution in [-0.4, -0.2) is 12.3 Å². The molecular formula is C14H23NOS. The third-order valence-electron chi connectivity index (χ3n) is 3.07. The Morgan fingerprint density at radius 3 is 2.65 bits per heavy atom. The Morgan fingerprint density at radius 1 is 1.35 bits per heavy atom. The molecule has 0 aliphatic heterocycles. The first-order chi connectivity index (χ1) is 8.17. The molecule has 0 spiro atoms. The molecule has 1 heterocycles. The number of nitrogens with two attached hydrogens (primary N) is 1. The molecule has 1 atom stereocenters. The van der Waals surface area contributed by atoms with E-state index in [1.54, 1.807) is 11.3 Å². The van der Waals surface area contributed by atoms with E-state index in [9.17, 15) is 4.79 Å². The lowest BCUT2D eigenvalue weighted by molar-refractivity contribution is 0.0976. The lowest BCUT2D eigenvalue weighted by atomic mass is 9.93. The second-order valence-electron chi connectivity index (χ2n) is 4.60. The molecule has 0 amide bonds. The van der Waals surface area contributed by atoms with E-state index in [0.29, 0.717) is 18.1 Å². The number of carbonyl (C=O) groups excluding carboxylic acids is 1. The summed E-state index contributed by atoms with van der Waals surface area (Å²) in [5.74, 6) is 0.913. The predicted octanol–water partition coefficient (Wildman–Crippen LogP) is 3.78. The number of Topliss-reactive ketones (excluding diaryl/α,β-unsaturated/α-hetero) is 1. The van der Waals surface area contributed by atoms with Crippen molar-refractivity contribution in [3.8, 4) is 0 Å². The Hall–Kier alpha value is -0.670. The largest absolute Gasteiger partial charge is 0.330 e. The van der Waals surface area contributed by atoms with Crippen molar-refractivity contribution in [2.75, 3.05) is 6.54 Å². The van der Waals surface area contributed by atoms with Gasteiger partial charge in [0.15, 0.2) is 5.78 Å². The van der Waals surface area contributed by atoms with Crippen molar-refractivity contribution < 1.29 is 4.79 Å². The fourth-order valence-electron chi connectivity index (χ4n) is 2.12. The van der Waals surface area contributed by atoms with Gasteiger partial charge in [0.2, 0.25) is 0 Å². The number of thiophene rings is 1. The summed E-state index contributed by atoms with van der Waals surface area (Å²) in [6, 6.07) is 3.96. The average molecular weight is 253 g/mol. The molecule has 0 fully saturated rings.